The number of methoxy groups -OCH3 is 1. The van der Waals surface area contributed by atoms with Gasteiger partial charge < -0.3 is 10.1 Å². The van der Waals surface area contributed by atoms with Crippen molar-refractivity contribution in [2.45, 2.75) is 24.9 Å². The van der Waals surface area contributed by atoms with E-state index in [1.165, 1.54) is 19.2 Å². The first-order chi connectivity index (χ1) is 9.43. The molecule has 20 heavy (non-hydrogen) atoms. The number of carbonyl (C=O) groups excluding carboxylic acids is 1. The molecule has 1 heterocycles. The molecule has 3 nitrogen and oxygen atoms in total. The first-order valence-corrected chi connectivity index (χ1v) is 6.43. The minimum absolute atomic E-state index is 0.161. The maximum atomic E-state index is 13.1. The fourth-order valence-electron chi connectivity index (χ4n) is 2.54. The molecular formula is C14H16F3NO2. The van der Waals surface area contributed by atoms with Gasteiger partial charge in [-0.05, 0) is 55.6 Å². The second-order valence-corrected chi connectivity index (χ2v) is 4.82. The van der Waals surface area contributed by atoms with Gasteiger partial charge in [-0.15, -0.1) is 0 Å². The maximum absolute atomic E-state index is 13.1. The molecule has 1 fully saturated rings. The topological polar surface area (TPSA) is 38.3 Å². The van der Waals surface area contributed by atoms with E-state index < -0.39 is 17.7 Å². The Balaban J connectivity index is 2.44. The number of ether oxygens (including phenoxy) is 1. The van der Waals surface area contributed by atoms with Crippen molar-refractivity contribution in [3.8, 4) is 0 Å². The third kappa shape index (κ3) is 3.12. The number of benzene rings is 1. The van der Waals surface area contributed by atoms with Crippen LogP contribution < -0.4 is 5.32 Å². The van der Waals surface area contributed by atoms with Crippen LogP contribution in [0, 0.1) is 0 Å². The lowest BCUT2D eigenvalue weighted by Crippen LogP contribution is -2.28. The molecule has 0 bridgehead atoms. The van der Waals surface area contributed by atoms with Gasteiger partial charge in [0.05, 0.1) is 18.2 Å². The second-order valence-electron chi connectivity index (χ2n) is 4.82. The molecule has 0 atom stereocenters. The van der Waals surface area contributed by atoms with Crippen LogP contribution in [-0.4, -0.2) is 26.2 Å². The van der Waals surface area contributed by atoms with E-state index in [-0.39, 0.29) is 17.0 Å². The van der Waals surface area contributed by atoms with E-state index in [1.54, 1.807) is 0 Å². The Morgan fingerprint density at radius 3 is 2.50 bits per heavy atom. The lowest BCUT2D eigenvalue weighted by molar-refractivity contribution is -0.138. The largest absolute Gasteiger partial charge is 0.465 e. The van der Waals surface area contributed by atoms with Crippen molar-refractivity contribution in [3.05, 3.63) is 34.9 Å². The Morgan fingerprint density at radius 2 is 1.95 bits per heavy atom. The number of hydrogen-bond acceptors (Lipinski definition) is 3. The van der Waals surface area contributed by atoms with Crippen LogP contribution in [0.25, 0.3) is 0 Å². The number of rotatable bonds is 2. The monoisotopic (exact) mass is 287 g/mol. The Hall–Kier alpha value is -1.56. The van der Waals surface area contributed by atoms with Gasteiger partial charge in [0, 0.05) is 0 Å². The van der Waals surface area contributed by atoms with Gasteiger partial charge in [-0.1, -0.05) is 0 Å². The Bertz CT molecular complexity index is 494. The van der Waals surface area contributed by atoms with Gasteiger partial charge in [0.1, 0.15) is 0 Å². The molecule has 1 N–H and O–H groups in total. The molecule has 1 aliphatic rings. The summed E-state index contributed by atoms with van der Waals surface area (Å²) < 4.78 is 43.8. The Labute approximate surface area is 115 Å². The minimum atomic E-state index is -4.41. The fourth-order valence-corrected chi connectivity index (χ4v) is 2.54. The van der Waals surface area contributed by atoms with Crippen molar-refractivity contribution in [1.82, 2.24) is 5.32 Å². The highest BCUT2D eigenvalue weighted by atomic mass is 19.4. The molecule has 110 valence electrons. The Morgan fingerprint density at radius 1 is 1.30 bits per heavy atom. The van der Waals surface area contributed by atoms with Gasteiger partial charge >= 0.3 is 12.1 Å². The zero-order valence-corrected chi connectivity index (χ0v) is 11.1. The van der Waals surface area contributed by atoms with Crippen molar-refractivity contribution < 1.29 is 22.7 Å². The van der Waals surface area contributed by atoms with Gasteiger partial charge in [0.15, 0.2) is 0 Å². The molecule has 0 amide bonds. The van der Waals surface area contributed by atoms with E-state index in [1.807, 2.05) is 0 Å². The van der Waals surface area contributed by atoms with Crippen LogP contribution >= 0.6 is 0 Å². The highest BCUT2D eigenvalue weighted by Crippen LogP contribution is 2.38. The molecule has 1 saturated heterocycles. The van der Waals surface area contributed by atoms with Crippen molar-refractivity contribution in [1.29, 1.82) is 0 Å². The summed E-state index contributed by atoms with van der Waals surface area (Å²) in [6.07, 6.45) is -3.14. The van der Waals surface area contributed by atoms with Crippen LogP contribution in [-0.2, 0) is 10.9 Å². The third-order valence-electron chi connectivity index (χ3n) is 3.56. The first-order valence-electron chi connectivity index (χ1n) is 6.43. The summed E-state index contributed by atoms with van der Waals surface area (Å²) in [6, 6.07) is 3.47. The summed E-state index contributed by atoms with van der Waals surface area (Å²) in [5.74, 6) is -0.800. The van der Waals surface area contributed by atoms with Gasteiger partial charge in [0.25, 0.3) is 0 Å². The predicted octanol–water partition coefficient (Wildman–Crippen LogP) is 2.96. The second kappa shape index (κ2) is 5.83. The molecule has 2 rings (SSSR count). The molecule has 0 saturated carbocycles. The van der Waals surface area contributed by atoms with Gasteiger partial charge in [-0.25, -0.2) is 4.79 Å². The smallest absolute Gasteiger partial charge is 0.416 e. The first kappa shape index (κ1) is 14.8. The normalized spacial score (nSPS) is 17.0. The summed E-state index contributed by atoms with van der Waals surface area (Å²) in [7, 11) is 1.21. The molecule has 6 heteroatoms. The number of carbonyl (C=O) groups is 1. The SMILES string of the molecule is COC(=O)c1ccc(C(F)(F)F)c(C2CCNCC2)c1. The number of nitrogens with one attached hydrogen (secondary N) is 1. The zero-order valence-electron chi connectivity index (χ0n) is 11.1. The lowest BCUT2D eigenvalue weighted by atomic mass is 9.86. The van der Waals surface area contributed by atoms with Gasteiger partial charge in [0.2, 0.25) is 0 Å². The van der Waals surface area contributed by atoms with E-state index in [0.29, 0.717) is 25.9 Å². The van der Waals surface area contributed by atoms with Crippen LogP contribution in [0.4, 0.5) is 13.2 Å². The molecule has 1 aromatic carbocycles. The van der Waals surface area contributed by atoms with Crippen molar-refractivity contribution in [3.63, 3.8) is 0 Å². The molecule has 1 aliphatic heterocycles. The van der Waals surface area contributed by atoms with Crippen LogP contribution in [0.2, 0.25) is 0 Å². The average molecular weight is 287 g/mol. The van der Waals surface area contributed by atoms with Gasteiger partial charge in [-0.2, -0.15) is 13.2 Å². The Kier molecular flexibility index (Phi) is 4.32. The van der Waals surface area contributed by atoms with Crippen molar-refractivity contribution >= 4 is 5.97 Å². The van der Waals surface area contributed by atoms with E-state index in [2.05, 4.69) is 10.1 Å². The van der Waals surface area contributed by atoms with Crippen molar-refractivity contribution in [2.75, 3.05) is 20.2 Å². The fraction of sp³-hybridized carbons (Fsp3) is 0.500. The quantitative estimate of drug-likeness (QED) is 0.850. The lowest BCUT2D eigenvalue weighted by Gasteiger charge is -2.26. The molecular weight excluding hydrogens is 271 g/mol. The van der Waals surface area contributed by atoms with E-state index in [9.17, 15) is 18.0 Å². The molecule has 0 aromatic heterocycles. The highest BCUT2D eigenvalue weighted by Gasteiger charge is 2.36. The number of hydrogen-bond donors (Lipinski definition) is 1. The van der Waals surface area contributed by atoms with E-state index in [0.717, 1.165) is 6.07 Å². The number of piperidine rings is 1. The summed E-state index contributed by atoms with van der Waals surface area (Å²) in [6.45, 7) is 1.37. The summed E-state index contributed by atoms with van der Waals surface area (Å²) in [4.78, 5) is 11.5. The summed E-state index contributed by atoms with van der Waals surface area (Å²) in [5, 5.41) is 3.12. The average Bonchev–Trinajstić information content (AvgIpc) is 2.45. The van der Waals surface area contributed by atoms with E-state index >= 15 is 0 Å². The predicted molar refractivity (Wildman–Crippen MR) is 67.6 cm³/mol. The summed E-state index contributed by atoms with van der Waals surface area (Å²) in [5.41, 5.74) is -0.298. The van der Waals surface area contributed by atoms with E-state index in [4.69, 9.17) is 0 Å². The number of esters is 1. The summed E-state index contributed by atoms with van der Waals surface area (Å²) >= 11 is 0. The highest BCUT2D eigenvalue weighted by molar-refractivity contribution is 5.89. The van der Waals surface area contributed by atoms with Crippen LogP contribution in [0.1, 0.15) is 40.2 Å². The van der Waals surface area contributed by atoms with Crippen LogP contribution in [0.5, 0.6) is 0 Å². The molecule has 0 spiro atoms. The zero-order chi connectivity index (χ0) is 14.8. The maximum Gasteiger partial charge on any atom is 0.416 e. The molecule has 1 aromatic rings. The molecule has 0 radical (unpaired) electrons. The standard InChI is InChI=1S/C14H16F3NO2/c1-20-13(19)10-2-3-12(14(15,16)17)11(8-10)9-4-6-18-7-5-9/h2-3,8-9,18H,4-7H2,1H3. The van der Waals surface area contributed by atoms with Gasteiger partial charge in [-0.3, -0.25) is 0 Å². The molecule has 0 aliphatic carbocycles. The van der Waals surface area contributed by atoms with Crippen LogP contribution in [0.15, 0.2) is 18.2 Å². The minimum Gasteiger partial charge on any atom is -0.465 e. The van der Waals surface area contributed by atoms with Crippen molar-refractivity contribution in [2.24, 2.45) is 0 Å². The number of halogens is 3. The third-order valence-corrected chi connectivity index (χ3v) is 3.56. The van der Waals surface area contributed by atoms with Crippen LogP contribution in [0.3, 0.4) is 0 Å². The molecule has 0 unspecified atom stereocenters. The number of alkyl halides is 3.